The van der Waals surface area contributed by atoms with Crippen LogP contribution in [0.25, 0.3) is 0 Å². The number of amides is 1. The summed E-state index contributed by atoms with van der Waals surface area (Å²) >= 11 is 1.10. The van der Waals surface area contributed by atoms with Crippen molar-refractivity contribution in [2.45, 2.75) is 39.2 Å². The number of carbonyl (C=O) groups excluding carboxylic acids is 1. The van der Waals surface area contributed by atoms with Gasteiger partial charge in [-0.2, -0.15) is 0 Å². The molecule has 20 heavy (non-hydrogen) atoms. The van der Waals surface area contributed by atoms with Gasteiger partial charge < -0.3 is 15.2 Å². The molecule has 1 aliphatic rings. The number of carboxylic acids is 1. The van der Waals surface area contributed by atoms with Crippen LogP contribution in [0.4, 0.5) is 5.00 Å². The molecule has 0 saturated heterocycles. The first kappa shape index (κ1) is 15.0. The van der Waals surface area contributed by atoms with Crippen LogP contribution in [-0.2, 0) is 9.53 Å². The van der Waals surface area contributed by atoms with Gasteiger partial charge >= 0.3 is 5.97 Å². The van der Waals surface area contributed by atoms with Crippen LogP contribution in [0, 0.1) is 12.8 Å². The van der Waals surface area contributed by atoms with E-state index in [0.29, 0.717) is 29.0 Å². The molecule has 1 aliphatic carbocycles. The van der Waals surface area contributed by atoms with Crippen molar-refractivity contribution in [2.75, 3.05) is 11.9 Å². The molecule has 0 radical (unpaired) electrons. The number of hydrogen-bond acceptors (Lipinski definition) is 4. The number of thiophene rings is 1. The quantitative estimate of drug-likeness (QED) is 0.846. The van der Waals surface area contributed by atoms with Gasteiger partial charge in [-0.15, -0.1) is 11.3 Å². The maximum Gasteiger partial charge on any atom is 0.346 e. The van der Waals surface area contributed by atoms with E-state index in [1.807, 2.05) is 6.92 Å². The van der Waals surface area contributed by atoms with E-state index in [4.69, 9.17) is 9.84 Å². The minimum atomic E-state index is -0.952. The summed E-state index contributed by atoms with van der Waals surface area (Å²) in [5.74, 6) is -0.624. The molecule has 2 rings (SSSR count). The van der Waals surface area contributed by atoms with Crippen LogP contribution in [0.2, 0.25) is 0 Å². The van der Waals surface area contributed by atoms with Gasteiger partial charge in [-0.1, -0.05) is 0 Å². The Hall–Kier alpha value is -1.40. The summed E-state index contributed by atoms with van der Waals surface area (Å²) in [4.78, 5) is 23.1. The summed E-state index contributed by atoms with van der Waals surface area (Å²) < 4.78 is 5.46. The van der Waals surface area contributed by atoms with E-state index < -0.39 is 5.97 Å². The molecular formula is C14H19NO4S. The van der Waals surface area contributed by atoms with Crippen LogP contribution >= 0.6 is 11.3 Å². The lowest BCUT2D eigenvalue weighted by molar-refractivity contribution is -0.119. The third-order valence-electron chi connectivity index (χ3n) is 3.44. The lowest BCUT2D eigenvalue weighted by Gasteiger charge is -2.34. The van der Waals surface area contributed by atoms with E-state index in [2.05, 4.69) is 5.32 Å². The third kappa shape index (κ3) is 3.58. The molecule has 0 unspecified atom stereocenters. The summed E-state index contributed by atoms with van der Waals surface area (Å²) in [5.41, 5.74) is 0.679. The summed E-state index contributed by atoms with van der Waals surface area (Å²) in [6.07, 6.45) is 2.65. The molecule has 1 aromatic heterocycles. The van der Waals surface area contributed by atoms with Crippen molar-refractivity contribution in [2.24, 2.45) is 5.92 Å². The van der Waals surface area contributed by atoms with Crippen molar-refractivity contribution in [3.8, 4) is 0 Å². The minimum Gasteiger partial charge on any atom is -0.477 e. The second-order valence-electron chi connectivity index (χ2n) is 5.10. The van der Waals surface area contributed by atoms with Gasteiger partial charge in [-0.05, 0) is 44.2 Å². The average Bonchev–Trinajstić information content (AvgIpc) is 2.67. The monoisotopic (exact) mass is 297 g/mol. The lowest BCUT2D eigenvalue weighted by Crippen LogP contribution is -2.33. The first-order chi connectivity index (χ1) is 9.49. The number of aromatic carboxylic acids is 1. The molecule has 2 N–H and O–H groups in total. The smallest absolute Gasteiger partial charge is 0.346 e. The van der Waals surface area contributed by atoms with Crippen LogP contribution in [0.1, 0.15) is 41.4 Å². The Morgan fingerprint density at radius 2 is 2.20 bits per heavy atom. The molecule has 0 aliphatic heterocycles. The number of aryl methyl sites for hydroxylation is 1. The Balaban J connectivity index is 1.81. The van der Waals surface area contributed by atoms with Gasteiger partial charge in [0, 0.05) is 13.0 Å². The van der Waals surface area contributed by atoms with E-state index in [-0.39, 0.29) is 10.8 Å². The predicted octanol–water partition coefficient (Wildman–Crippen LogP) is 2.90. The molecule has 1 heterocycles. The highest BCUT2D eigenvalue weighted by Gasteiger charge is 2.31. The van der Waals surface area contributed by atoms with Crippen molar-refractivity contribution in [1.29, 1.82) is 0 Å². The number of ether oxygens (including phenoxy) is 1. The van der Waals surface area contributed by atoms with Gasteiger partial charge in [-0.25, -0.2) is 4.79 Å². The molecule has 0 aromatic carbocycles. The Kier molecular flexibility index (Phi) is 4.77. The Morgan fingerprint density at radius 3 is 2.75 bits per heavy atom. The maximum atomic E-state index is 11.9. The topological polar surface area (TPSA) is 75.6 Å². The zero-order valence-electron chi connectivity index (χ0n) is 11.6. The van der Waals surface area contributed by atoms with Crippen LogP contribution in [-0.4, -0.2) is 29.7 Å². The van der Waals surface area contributed by atoms with E-state index >= 15 is 0 Å². The largest absolute Gasteiger partial charge is 0.477 e. The minimum absolute atomic E-state index is 0.0527. The molecule has 0 atom stereocenters. The number of hydrogen-bond donors (Lipinski definition) is 2. The molecule has 6 heteroatoms. The third-order valence-corrected chi connectivity index (χ3v) is 4.58. The molecule has 0 spiro atoms. The highest BCUT2D eigenvalue weighted by molar-refractivity contribution is 7.18. The van der Waals surface area contributed by atoms with E-state index in [1.54, 1.807) is 13.0 Å². The van der Waals surface area contributed by atoms with Gasteiger partial charge in [0.2, 0.25) is 5.91 Å². The molecule has 1 saturated carbocycles. The van der Waals surface area contributed by atoms with Crippen molar-refractivity contribution in [3.05, 3.63) is 16.5 Å². The molecule has 5 nitrogen and oxygen atoms in total. The van der Waals surface area contributed by atoms with Crippen LogP contribution in [0.5, 0.6) is 0 Å². The maximum absolute atomic E-state index is 11.9. The van der Waals surface area contributed by atoms with Gasteiger partial charge in [-0.3, -0.25) is 4.79 Å². The fraction of sp³-hybridized carbons (Fsp3) is 0.571. The number of nitrogens with one attached hydrogen (secondary N) is 1. The number of rotatable bonds is 6. The number of carboxylic acid groups (broad SMARTS) is 1. The normalized spacial score (nSPS) is 21.3. The second kappa shape index (κ2) is 6.37. The van der Waals surface area contributed by atoms with Gasteiger partial charge in [0.25, 0.3) is 0 Å². The first-order valence-corrected chi connectivity index (χ1v) is 7.56. The number of anilines is 1. The molecule has 110 valence electrons. The average molecular weight is 297 g/mol. The summed E-state index contributed by atoms with van der Waals surface area (Å²) in [7, 11) is 0. The Labute approximate surface area is 121 Å². The summed E-state index contributed by atoms with van der Waals surface area (Å²) in [6.45, 7) is 4.42. The van der Waals surface area contributed by atoms with Crippen molar-refractivity contribution >= 4 is 28.2 Å². The van der Waals surface area contributed by atoms with Crippen molar-refractivity contribution in [1.82, 2.24) is 0 Å². The fourth-order valence-electron chi connectivity index (χ4n) is 2.42. The summed E-state index contributed by atoms with van der Waals surface area (Å²) in [5, 5.41) is 12.4. The van der Waals surface area contributed by atoms with Gasteiger partial charge in [0.05, 0.1) is 11.1 Å². The zero-order valence-corrected chi connectivity index (χ0v) is 12.5. The molecule has 0 bridgehead atoms. The second-order valence-corrected chi connectivity index (χ2v) is 6.15. The number of carbonyl (C=O) groups is 2. The Bertz CT molecular complexity index is 505. The zero-order chi connectivity index (χ0) is 14.7. The van der Waals surface area contributed by atoms with Crippen molar-refractivity contribution < 1.29 is 19.4 Å². The fourth-order valence-corrected chi connectivity index (χ4v) is 3.35. The first-order valence-electron chi connectivity index (χ1n) is 6.74. The van der Waals surface area contributed by atoms with Crippen molar-refractivity contribution in [3.63, 3.8) is 0 Å². The van der Waals surface area contributed by atoms with E-state index in [1.165, 1.54) is 0 Å². The van der Waals surface area contributed by atoms with Gasteiger partial charge in [0.15, 0.2) is 0 Å². The SMILES string of the molecule is CCOC1CC(CC(=O)Nc2cc(C)c(C(=O)O)s2)C1. The highest BCUT2D eigenvalue weighted by Crippen LogP contribution is 2.33. The van der Waals surface area contributed by atoms with Crippen LogP contribution < -0.4 is 5.32 Å². The highest BCUT2D eigenvalue weighted by atomic mass is 32.1. The lowest BCUT2D eigenvalue weighted by atomic mass is 9.80. The van der Waals surface area contributed by atoms with Crippen LogP contribution in [0.3, 0.4) is 0 Å². The Morgan fingerprint density at radius 1 is 1.50 bits per heavy atom. The predicted molar refractivity (Wildman–Crippen MR) is 77.4 cm³/mol. The molecule has 1 amide bonds. The van der Waals surface area contributed by atoms with E-state index in [9.17, 15) is 9.59 Å². The van der Waals surface area contributed by atoms with Gasteiger partial charge in [0.1, 0.15) is 4.88 Å². The molecule has 1 fully saturated rings. The molecule has 1 aromatic rings. The van der Waals surface area contributed by atoms with E-state index in [0.717, 1.165) is 30.8 Å². The standard InChI is InChI=1S/C14H19NO4S/c1-3-19-10-5-9(6-10)7-11(16)15-12-4-8(2)13(20-12)14(17)18/h4,9-10H,3,5-7H2,1-2H3,(H,15,16)(H,17,18). The van der Waals surface area contributed by atoms with Crippen LogP contribution in [0.15, 0.2) is 6.07 Å². The molecular weight excluding hydrogens is 278 g/mol. The summed E-state index contributed by atoms with van der Waals surface area (Å²) in [6, 6.07) is 1.70.